The number of sulfonamides is 1. The Kier molecular flexibility index (Phi) is 6.15. The third kappa shape index (κ3) is 4.58. The number of rotatable bonds is 7. The van der Waals surface area contributed by atoms with Crippen LogP contribution in [0.1, 0.15) is 5.56 Å². The van der Waals surface area contributed by atoms with Gasteiger partial charge in [0.15, 0.2) is 0 Å². The van der Waals surface area contributed by atoms with E-state index in [0.717, 1.165) is 5.56 Å². The number of hydrogen-bond acceptors (Lipinski definition) is 6. The van der Waals surface area contributed by atoms with Crippen molar-refractivity contribution in [3.05, 3.63) is 84.8 Å². The van der Waals surface area contributed by atoms with E-state index in [1.807, 2.05) is 17.0 Å². The number of nitrogens with zero attached hydrogens (tertiary/aromatic N) is 3. The molecule has 2 atom stereocenters. The van der Waals surface area contributed by atoms with Crippen molar-refractivity contribution in [3.8, 4) is 11.5 Å². The number of pyridine rings is 1. The zero-order valence-corrected chi connectivity index (χ0v) is 20.5. The van der Waals surface area contributed by atoms with Crippen LogP contribution in [0.2, 0.25) is 0 Å². The molecule has 3 fully saturated rings. The standard InChI is InChI=1S/C27H27FN3O4S/c28-26-16-19(1-6-27(26)30-11-13-34-14-12-30)15-23-24-17-31(18-25(23)24)36(32,33)22-4-2-20(3-5-22)35-21-7-9-29-10-8-21/h1-10,15-16,23-25H,11-14,17-18H2. The minimum atomic E-state index is -3.57. The maximum absolute atomic E-state index is 14.8. The van der Waals surface area contributed by atoms with Gasteiger partial charge in [-0.25, -0.2) is 12.8 Å². The number of fused-ring (bicyclic) bond motifs is 1. The van der Waals surface area contributed by atoms with Gasteiger partial charge in [0.05, 0.1) is 23.8 Å². The number of ether oxygens (including phenoxy) is 2. The van der Waals surface area contributed by atoms with Gasteiger partial charge in [-0.1, -0.05) is 6.07 Å². The molecule has 3 aliphatic rings. The fourth-order valence-electron chi connectivity index (χ4n) is 5.26. The summed E-state index contributed by atoms with van der Waals surface area (Å²) in [4.78, 5) is 6.22. The Morgan fingerprint density at radius 2 is 1.61 bits per heavy atom. The van der Waals surface area contributed by atoms with Crippen LogP contribution in [0.4, 0.5) is 10.1 Å². The van der Waals surface area contributed by atoms with Crippen molar-refractivity contribution in [2.24, 2.45) is 17.8 Å². The van der Waals surface area contributed by atoms with Crippen molar-refractivity contribution >= 4 is 15.7 Å². The van der Waals surface area contributed by atoms with Crippen molar-refractivity contribution in [3.63, 3.8) is 0 Å². The van der Waals surface area contributed by atoms with Crippen LogP contribution in [-0.2, 0) is 14.8 Å². The number of hydrogen-bond donors (Lipinski definition) is 0. The molecule has 1 radical (unpaired) electrons. The van der Waals surface area contributed by atoms with Crippen LogP contribution in [-0.4, -0.2) is 57.1 Å². The van der Waals surface area contributed by atoms with Crippen LogP contribution in [0.3, 0.4) is 0 Å². The molecule has 0 amide bonds. The SMILES string of the molecule is O=S(=O)(c1ccc(Oc2ccncc2)cc1)N1CC2C([CH]c3ccc(N4CCOCC4)c(F)c3)C2C1. The van der Waals surface area contributed by atoms with Gasteiger partial charge >= 0.3 is 0 Å². The Balaban J connectivity index is 1.05. The van der Waals surface area contributed by atoms with E-state index in [4.69, 9.17) is 9.47 Å². The van der Waals surface area contributed by atoms with Gasteiger partial charge in [0, 0.05) is 38.6 Å². The summed E-state index contributed by atoms with van der Waals surface area (Å²) in [5.74, 6) is 1.80. The highest BCUT2D eigenvalue weighted by Gasteiger charge is 2.57. The second-order valence-electron chi connectivity index (χ2n) is 9.46. The minimum Gasteiger partial charge on any atom is -0.457 e. The Bertz CT molecular complexity index is 1320. The van der Waals surface area contributed by atoms with Crippen LogP contribution in [0, 0.1) is 30.0 Å². The average molecular weight is 509 g/mol. The summed E-state index contributed by atoms with van der Waals surface area (Å²) in [7, 11) is -3.57. The number of anilines is 1. The Labute approximate surface area is 210 Å². The lowest BCUT2D eigenvalue weighted by molar-refractivity contribution is 0.122. The molecule has 0 bridgehead atoms. The van der Waals surface area contributed by atoms with E-state index in [0.29, 0.717) is 56.6 Å². The van der Waals surface area contributed by atoms with Crippen LogP contribution >= 0.6 is 0 Å². The van der Waals surface area contributed by atoms with E-state index in [1.165, 1.54) is 0 Å². The molecule has 9 heteroatoms. The molecule has 3 aromatic rings. The number of morpholine rings is 1. The first-order chi connectivity index (χ1) is 17.5. The summed E-state index contributed by atoms with van der Waals surface area (Å²) < 4.78 is 53.7. The molecule has 187 valence electrons. The molecule has 3 heterocycles. The van der Waals surface area contributed by atoms with Crippen LogP contribution in [0.25, 0.3) is 0 Å². The van der Waals surface area contributed by atoms with Gasteiger partial charge in [0.2, 0.25) is 10.0 Å². The first kappa shape index (κ1) is 23.4. The first-order valence-corrected chi connectivity index (χ1v) is 13.6. The molecule has 1 aliphatic carbocycles. The van der Waals surface area contributed by atoms with Crippen molar-refractivity contribution in [2.75, 3.05) is 44.3 Å². The van der Waals surface area contributed by atoms with Crippen molar-refractivity contribution in [1.29, 1.82) is 0 Å². The van der Waals surface area contributed by atoms with Gasteiger partial charge < -0.3 is 14.4 Å². The summed E-state index contributed by atoms with van der Waals surface area (Å²) in [6.07, 6.45) is 5.36. The quantitative estimate of drug-likeness (QED) is 0.481. The molecule has 0 N–H and O–H groups in total. The molecule has 1 aromatic heterocycles. The highest BCUT2D eigenvalue weighted by molar-refractivity contribution is 7.89. The molecule has 0 spiro atoms. The highest BCUT2D eigenvalue weighted by atomic mass is 32.2. The van der Waals surface area contributed by atoms with E-state index < -0.39 is 10.0 Å². The average Bonchev–Trinajstić information content (AvgIpc) is 3.31. The molecule has 7 nitrogen and oxygen atoms in total. The van der Waals surface area contributed by atoms with Crippen molar-refractivity contribution in [1.82, 2.24) is 9.29 Å². The number of aromatic nitrogens is 1. The number of halogens is 1. The second-order valence-corrected chi connectivity index (χ2v) is 11.4. The largest absolute Gasteiger partial charge is 0.457 e. The fourth-order valence-corrected chi connectivity index (χ4v) is 6.77. The van der Waals surface area contributed by atoms with E-state index in [1.54, 1.807) is 59.2 Å². The Morgan fingerprint density at radius 3 is 2.28 bits per heavy atom. The predicted molar refractivity (Wildman–Crippen MR) is 133 cm³/mol. The molecule has 6 rings (SSSR count). The number of piperidine rings is 1. The van der Waals surface area contributed by atoms with E-state index in [-0.39, 0.29) is 28.5 Å². The van der Waals surface area contributed by atoms with E-state index in [2.05, 4.69) is 11.4 Å². The zero-order valence-electron chi connectivity index (χ0n) is 19.7. The van der Waals surface area contributed by atoms with Gasteiger partial charge in [0.1, 0.15) is 17.3 Å². The molecule has 2 aliphatic heterocycles. The van der Waals surface area contributed by atoms with Gasteiger partial charge in [-0.3, -0.25) is 4.98 Å². The third-order valence-electron chi connectivity index (χ3n) is 7.28. The molecule has 2 unspecified atom stereocenters. The van der Waals surface area contributed by atoms with E-state index in [9.17, 15) is 12.8 Å². The van der Waals surface area contributed by atoms with Crippen LogP contribution < -0.4 is 9.64 Å². The van der Waals surface area contributed by atoms with E-state index >= 15 is 0 Å². The van der Waals surface area contributed by atoms with Crippen molar-refractivity contribution in [2.45, 2.75) is 4.90 Å². The summed E-state index contributed by atoms with van der Waals surface area (Å²) in [5.41, 5.74) is 1.46. The fraction of sp³-hybridized carbons (Fsp3) is 0.333. The molecular formula is C27H27FN3O4S. The summed E-state index contributed by atoms with van der Waals surface area (Å²) >= 11 is 0. The lowest BCUT2D eigenvalue weighted by Gasteiger charge is -2.29. The Morgan fingerprint density at radius 1 is 0.944 bits per heavy atom. The van der Waals surface area contributed by atoms with Gasteiger partial charge in [-0.15, -0.1) is 0 Å². The molecule has 1 saturated carbocycles. The third-order valence-corrected chi connectivity index (χ3v) is 9.13. The normalized spacial score (nSPS) is 23.9. The lowest BCUT2D eigenvalue weighted by Crippen LogP contribution is -2.36. The topological polar surface area (TPSA) is 72.0 Å². The van der Waals surface area contributed by atoms with Gasteiger partial charge in [0.25, 0.3) is 0 Å². The van der Waals surface area contributed by atoms with Crippen molar-refractivity contribution < 1.29 is 22.3 Å². The highest BCUT2D eigenvalue weighted by Crippen LogP contribution is 2.55. The maximum Gasteiger partial charge on any atom is 0.243 e. The molecular weight excluding hydrogens is 481 g/mol. The summed E-state index contributed by atoms with van der Waals surface area (Å²) in [6, 6.07) is 15.3. The maximum atomic E-state index is 14.8. The van der Waals surface area contributed by atoms with Crippen LogP contribution in [0.5, 0.6) is 11.5 Å². The molecule has 2 aromatic carbocycles. The minimum absolute atomic E-state index is 0.225. The number of benzene rings is 2. The predicted octanol–water partition coefficient (Wildman–Crippen LogP) is 3.97. The van der Waals surface area contributed by atoms with Gasteiger partial charge in [-0.05, 0) is 78.3 Å². The molecule has 36 heavy (non-hydrogen) atoms. The first-order valence-electron chi connectivity index (χ1n) is 12.1. The lowest BCUT2D eigenvalue weighted by atomic mass is 10.0. The van der Waals surface area contributed by atoms with Gasteiger partial charge in [-0.2, -0.15) is 4.31 Å². The second kappa shape index (κ2) is 9.46. The zero-order chi connectivity index (χ0) is 24.7. The molecule has 2 saturated heterocycles. The summed E-state index contributed by atoms with van der Waals surface area (Å²) in [6.45, 7) is 3.58. The monoisotopic (exact) mass is 508 g/mol. The summed E-state index contributed by atoms with van der Waals surface area (Å²) in [5, 5.41) is 0. The smallest absolute Gasteiger partial charge is 0.243 e. The van der Waals surface area contributed by atoms with Crippen LogP contribution in [0.15, 0.2) is 71.9 Å². The Hall–Kier alpha value is -3.01.